The number of hydrogen-bond acceptors (Lipinski definition) is 3. The molecule has 0 unspecified atom stereocenters. The molecule has 3 nitrogen and oxygen atoms in total. The second-order valence-electron chi connectivity index (χ2n) is 4.82. The maximum Gasteiger partial charge on any atom is 0.416 e. The lowest BCUT2D eigenvalue weighted by Crippen LogP contribution is -2.22. The highest BCUT2D eigenvalue weighted by Crippen LogP contribution is 2.30. The average Bonchev–Trinajstić information content (AvgIpc) is 2.46. The van der Waals surface area contributed by atoms with E-state index in [0.29, 0.717) is 6.42 Å². The Morgan fingerprint density at radius 1 is 1.24 bits per heavy atom. The van der Waals surface area contributed by atoms with Gasteiger partial charge in [0.2, 0.25) is 0 Å². The first kappa shape index (κ1) is 15.6. The van der Waals surface area contributed by atoms with E-state index in [0.717, 1.165) is 49.3 Å². The minimum absolute atomic E-state index is 0.128. The minimum atomic E-state index is -4.39. The lowest BCUT2D eigenvalue weighted by Gasteiger charge is -2.13. The van der Waals surface area contributed by atoms with Crippen molar-refractivity contribution >= 4 is 5.97 Å². The summed E-state index contributed by atoms with van der Waals surface area (Å²) in [5.74, 6) is -0.315. The molecule has 0 saturated heterocycles. The standard InChI is InChI=1S/C15H16F3NO2/c16-15(17,18)12-4-6-13(7-5-12)21-14(20)8-3-11-2-1-9-19-10-11/h2,4-7,19H,1,3,8-10H2. The Hall–Kier alpha value is -1.82. The van der Waals surface area contributed by atoms with Crippen molar-refractivity contribution < 1.29 is 22.7 Å². The van der Waals surface area contributed by atoms with Crippen molar-refractivity contribution in [1.29, 1.82) is 0 Å². The van der Waals surface area contributed by atoms with Crippen molar-refractivity contribution in [1.82, 2.24) is 5.32 Å². The van der Waals surface area contributed by atoms with E-state index in [2.05, 4.69) is 11.4 Å². The van der Waals surface area contributed by atoms with E-state index in [-0.39, 0.29) is 12.2 Å². The second kappa shape index (κ2) is 6.76. The smallest absolute Gasteiger partial charge is 0.416 e. The molecule has 0 spiro atoms. The molecule has 0 saturated carbocycles. The third-order valence-electron chi connectivity index (χ3n) is 3.17. The van der Waals surface area contributed by atoms with Crippen molar-refractivity contribution in [2.75, 3.05) is 13.1 Å². The van der Waals surface area contributed by atoms with Gasteiger partial charge in [0, 0.05) is 13.0 Å². The van der Waals surface area contributed by atoms with E-state index in [4.69, 9.17) is 4.74 Å². The van der Waals surface area contributed by atoms with Crippen LogP contribution in [0.4, 0.5) is 13.2 Å². The van der Waals surface area contributed by atoms with E-state index < -0.39 is 17.7 Å². The number of carbonyl (C=O) groups is 1. The van der Waals surface area contributed by atoms with Crippen LogP contribution in [0, 0.1) is 0 Å². The van der Waals surface area contributed by atoms with Crippen LogP contribution in [0.1, 0.15) is 24.8 Å². The zero-order valence-corrected chi connectivity index (χ0v) is 11.4. The molecule has 2 rings (SSSR count). The molecule has 1 aliphatic rings. The number of nitrogens with one attached hydrogen (secondary N) is 1. The Morgan fingerprint density at radius 3 is 2.52 bits per heavy atom. The Kier molecular flexibility index (Phi) is 5.01. The molecule has 6 heteroatoms. The van der Waals surface area contributed by atoms with Crippen LogP contribution in [-0.2, 0) is 11.0 Å². The second-order valence-corrected chi connectivity index (χ2v) is 4.82. The van der Waals surface area contributed by atoms with E-state index in [1.54, 1.807) is 0 Å². The zero-order chi connectivity index (χ0) is 15.3. The van der Waals surface area contributed by atoms with E-state index in [1.807, 2.05) is 0 Å². The van der Waals surface area contributed by atoms with Crippen LogP contribution in [0.5, 0.6) is 5.75 Å². The van der Waals surface area contributed by atoms with Crippen molar-refractivity contribution in [3.05, 3.63) is 41.5 Å². The molecular formula is C15H16F3NO2. The van der Waals surface area contributed by atoms with E-state index in [9.17, 15) is 18.0 Å². The van der Waals surface area contributed by atoms with E-state index >= 15 is 0 Å². The number of benzene rings is 1. The van der Waals surface area contributed by atoms with Crippen LogP contribution in [0.3, 0.4) is 0 Å². The molecule has 1 aliphatic heterocycles. The topological polar surface area (TPSA) is 38.3 Å². The molecule has 0 atom stereocenters. The Morgan fingerprint density at radius 2 is 1.95 bits per heavy atom. The summed E-state index contributed by atoms with van der Waals surface area (Å²) in [7, 11) is 0. The van der Waals surface area contributed by atoms with Crippen molar-refractivity contribution in [3.63, 3.8) is 0 Å². The summed E-state index contributed by atoms with van der Waals surface area (Å²) in [5, 5.41) is 3.20. The zero-order valence-electron chi connectivity index (χ0n) is 11.4. The maximum atomic E-state index is 12.4. The van der Waals surface area contributed by atoms with E-state index in [1.165, 1.54) is 0 Å². The summed E-state index contributed by atoms with van der Waals surface area (Å²) >= 11 is 0. The fraction of sp³-hybridized carbons (Fsp3) is 0.400. The first-order valence-corrected chi connectivity index (χ1v) is 6.72. The molecule has 21 heavy (non-hydrogen) atoms. The van der Waals surface area contributed by atoms with Crippen LogP contribution < -0.4 is 10.1 Å². The van der Waals surface area contributed by atoms with Gasteiger partial charge in [-0.1, -0.05) is 11.6 Å². The van der Waals surface area contributed by atoms with Gasteiger partial charge in [-0.3, -0.25) is 4.79 Å². The number of esters is 1. The molecule has 1 heterocycles. The molecule has 1 aromatic carbocycles. The molecule has 0 amide bonds. The van der Waals surface area contributed by atoms with Crippen LogP contribution in [0.15, 0.2) is 35.9 Å². The highest BCUT2D eigenvalue weighted by molar-refractivity contribution is 5.72. The summed E-state index contributed by atoms with van der Waals surface area (Å²) in [6.45, 7) is 1.72. The maximum absolute atomic E-state index is 12.4. The molecule has 0 aliphatic carbocycles. The summed E-state index contributed by atoms with van der Waals surface area (Å²) in [6.07, 6.45) is -0.519. The normalized spacial score (nSPS) is 15.5. The van der Waals surface area contributed by atoms with Crippen LogP contribution in [0.25, 0.3) is 0 Å². The van der Waals surface area contributed by atoms with Gasteiger partial charge in [-0.25, -0.2) is 0 Å². The Labute approximate surface area is 120 Å². The van der Waals surface area contributed by atoms with Gasteiger partial charge in [0.05, 0.1) is 5.56 Å². The van der Waals surface area contributed by atoms with Gasteiger partial charge in [-0.15, -0.1) is 0 Å². The van der Waals surface area contributed by atoms with Crippen molar-refractivity contribution in [3.8, 4) is 5.75 Å². The third kappa shape index (κ3) is 4.90. The SMILES string of the molecule is O=C(CCC1=CCCNC1)Oc1ccc(C(F)(F)F)cc1. The summed E-state index contributed by atoms with van der Waals surface area (Å²) < 4.78 is 42.2. The highest BCUT2D eigenvalue weighted by Gasteiger charge is 2.30. The number of ether oxygens (including phenoxy) is 1. The molecule has 0 fully saturated rings. The summed E-state index contributed by atoms with van der Waals surface area (Å²) in [6, 6.07) is 4.11. The number of carbonyl (C=O) groups excluding carboxylic acids is 1. The number of hydrogen-bond donors (Lipinski definition) is 1. The molecule has 1 N–H and O–H groups in total. The summed E-state index contributed by atoms with van der Waals surface area (Å²) in [5.41, 5.74) is 0.395. The molecule has 114 valence electrons. The van der Waals surface area contributed by atoms with Crippen molar-refractivity contribution in [2.45, 2.75) is 25.4 Å². The van der Waals surface area contributed by atoms with Gasteiger partial charge in [0.15, 0.2) is 0 Å². The van der Waals surface area contributed by atoms with Crippen LogP contribution >= 0.6 is 0 Å². The van der Waals surface area contributed by atoms with Gasteiger partial charge >= 0.3 is 12.1 Å². The molecular weight excluding hydrogens is 283 g/mol. The van der Waals surface area contributed by atoms with Crippen molar-refractivity contribution in [2.24, 2.45) is 0 Å². The lowest BCUT2D eigenvalue weighted by molar-refractivity contribution is -0.137. The predicted octanol–water partition coefficient (Wildman–Crippen LogP) is 3.31. The Balaban J connectivity index is 1.83. The average molecular weight is 299 g/mol. The fourth-order valence-electron chi connectivity index (χ4n) is 2.05. The number of alkyl halides is 3. The Bertz CT molecular complexity index is 521. The molecule has 0 aromatic heterocycles. The van der Waals surface area contributed by atoms with Gasteiger partial charge in [0.25, 0.3) is 0 Å². The van der Waals surface area contributed by atoms with Gasteiger partial charge in [-0.2, -0.15) is 13.2 Å². The lowest BCUT2D eigenvalue weighted by atomic mass is 10.1. The fourth-order valence-corrected chi connectivity index (χ4v) is 2.05. The largest absolute Gasteiger partial charge is 0.427 e. The predicted molar refractivity (Wildman–Crippen MR) is 71.9 cm³/mol. The van der Waals surface area contributed by atoms with Gasteiger partial charge < -0.3 is 10.1 Å². The van der Waals surface area contributed by atoms with Gasteiger partial charge in [0.1, 0.15) is 5.75 Å². The monoisotopic (exact) mass is 299 g/mol. The first-order chi connectivity index (χ1) is 9.95. The van der Waals surface area contributed by atoms with Crippen LogP contribution in [-0.4, -0.2) is 19.1 Å². The first-order valence-electron chi connectivity index (χ1n) is 6.72. The molecule has 0 bridgehead atoms. The molecule has 0 radical (unpaired) electrons. The third-order valence-corrected chi connectivity index (χ3v) is 3.17. The highest BCUT2D eigenvalue weighted by atomic mass is 19.4. The number of rotatable bonds is 4. The quantitative estimate of drug-likeness (QED) is 0.526. The minimum Gasteiger partial charge on any atom is -0.427 e. The van der Waals surface area contributed by atoms with Crippen LogP contribution in [0.2, 0.25) is 0 Å². The van der Waals surface area contributed by atoms with Gasteiger partial charge in [-0.05, 0) is 43.7 Å². The summed E-state index contributed by atoms with van der Waals surface area (Å²) in [4.78, 5) is 11.6. The number of halogens is 3. The molecule has 1 aromatic rings.